The van der Waals surface area contributed by atoms with Crippen LogP contribution >= 0.6 is 0 Å². The van der Waals surface area contributed by atoms with Gasteiger partial charge in [0.2, 0.25) is 35.4 Å². The number of rotatable bonds is 26. The van der Waals surface area contributed by atoms with Crippen molar-refractivity contribution < 1.29 is 53.7 Å². The number of hydrogen-bond donors (Lipinski definition) is 12. The van der Waals surface area contributed by atoms with Gasteiger partial charge in [0.1, 0.15) is 36.3 Å². The number of aliphatic hydroxyl groups is 1. The molecule has 57 heavy (non-hydrogen) atoms. The maximum Gasteiger partial charge on any atom is 0.326 e. The number of aromatic nitrogens is 2. The van der Waals surface area contributed by atoms with Gasteiger partial charge in [0, 0.05) is 24.7 Å². The number of carboxylic acids is 2. The van der Waals surface area contributed by atoms with Crippen LogP contribution in [0.15, 0.2) is 12.5 Å². The highest BCUT2D eigenvalue weighted by Crippen LogP contribution is 2.12. The van der Waals surface area contributed by atoms with Gasteiger partial charge in [0.25, 0.3) is 0 Å². The fourth-order valence-electron chi connectivity index (χ4n) is 6.03. The van der Waals surface area contributed by atoms with Gasteiger partial charge in [-0.05, 0) is 63.5 Å². The Bertz CT molecular complexity index is 1500. The van der Waals surface area contributed by atoms with Crippen molar-refractivity contribution in [2.45, 2.75) is 128 Å². The van der Waals surface area contributed by atoms with Gasteiger partial charge in [-0.2, -0.15) is 0 Å². The number of nitrogens with one attached hydrogen (secondary N) is 8. The summed E-state index contributed by atoms with van der Waals surface area (Å²) in [5, 5.41) is 47.3. The van der Waals surface area contributed by atoms with E-state index in [1.165, 1.54) is 12.5 Å². The highest BCUT2D eigenvalue weighted by Gasteiger charge is 2.35. The van der Waals surface area contributed by atoms with E-state index in [-0.39, 0.29) is 31.2 Å². The van der Waals surface area contributed by atoms with Crippen LogP contribution in [0.4, 0.5) is 0 Å². The first-order valence-electron chi connectivity index (χ1n) is 19.3. The molecule has 2 heterocycles. The Morgan fingerprint density at radius 2 is 1.40 bits per heavy atom. The molecule has 8 atom stereocenters. The molecule has 1 aromatic heterocycles. The maximum atomic E-state index is 13.8. The average molecular weight is 809 g/mol. The number of aliphatic carboxylic acids is 2. The molecule has 13 N–H and O–H groups in total. The van der Waals surface area contributed by atoms with E-state index in [2.05, 4.69) is 47.2 Å². The zero-order chi connectivity index (χ0) is 42.7. The Morgan fingerprint density at radius 1 is 0.807 bits per heavy atom. The first-order chi connectivity index (χ1) is 27.0. The van der Waals surface area contributed by atoms with Crippen LogP contribution in [0.5, 0.6) is 0 Å². The van der Waals surface area contributed by atoms with Crippen molar-refractivity contribution in [3.05, 3.63) is 18.2 Å². The second-order valence-corrected chi connectivity index (χ2v) is 14.5. The lowest BCUT2D eigenvalue weighted by Crippen LogP contribution is -2.61. The van der Waals surface area contributed by atoms with E-state index < -0.39 is 109 Å². The van der Waals surface area contributed by atoms with Crippen LogP contribution < -0.4 is 43.0 Å². The minimum atomic E-state index is -1.55. The van der Waals surface area contributed by atoms with Crippen LogP contribution in [-0.2, 0) is 44.8 Å². The molecule has 6 amide bonds. The molecule has 0 unspecified atom stereocenters. The quantitative estimate of drug-likeness (QED) is 0.0427. The minimum Gasteiger partial charge on any atom is -0.481 e. The lowest BCUT2D eigenvalue weighted by molar-refractivity contribution is -0.143. The van der Waals surface area contributed by atoms with Crippen molar-refractivity contribution in [2.75, 3.05) is 19.7 Å². The molecule has 21 heteroatoms. The molecule has 0 saturated carbocycles. The monoisotopic (exact) mass is 808 g/mol. The lowest BCUT2D eigenvalue weighted by atomic mass is 9.97. The van der Waals surface area contributed by atoms with Crippen molar-refractivity contribution in [2.24, 2.45) is 17.6 Å². The molecule has 0 aliphatic carbocycles. The zero-order valence-electron chi connectivity index (χ0n) is 33.0. The average Bonchev–Trinajstić information content (AvgIpc) is 3.90. The third-order valence-corrected chi connectivity index (χ3v) is 9.69. The molecule has 1 aromatic rings. The molecule has 2 rings (SSSR count). The molecular weight excluding hydrogens is 748 g/mol. The number of imidazole rings is 1. The SMILES string of the molecule is CC[C@H](C)[C@H](NC(=O)[C@@H]1CCCN1)C(=O)N[C@@H](CO)C(=O)N[C@@H](CCCCN)C(=O)N[C@@H](CCC(=O)O)C(=O)N[C@@H](Cc1cnc[nH]1)C(=O)N[C@H](C(=O)O)C(C)C. The minimum absolute atomic E-state index is 0.00921. The van der Waals surface area contributed by atoms with Gasteiger partial charge in [-0.1, -0.05) is 34.1 Å². The Labute approximate surface area is 331 Å². The van der Waals surface area contributed by atoms with Crippen LogP contribution in [0.2, 0.25) is 0 Å². The summed E-state index contributed by atoms with van der Waals surface area (Å²) < 4.78 is 0. The third kappa shape index (κ3) is 16.1. The largest absolute Gasteiger partial charge is 0.481 e. The van der Waals surface area contributed by atoms with Gasteiger partial charge in [0.05, 0.1) is 19.0 Å². The van der Waals surface area contributed by atoms with Gasteiger partial charge in [-0.3, -0.25) is 33.6 Å². The Morgan fingerprint density at radius 3 is 1.91 bits per heavy atom. The highest BCUT2D eigenvalue weighted by molar-refractivity contribution is 5.97. The van der Waals surface area contributed by atoms with E-state index in [1.807, 2.05) is 6.92 Å². The van der Waals surface area contributed by atoms with Gasteiger partial charge >= 0.3 is 11.9 Å². The van der Waals surface area contributed by atoms with Gasteiger partial charge < -0.3 is 63.3 Å². The molecular formula is C36H60N10O11. The number of unbranched alkanes of at least 4 members (excludes halogenated alkanes) is 1. The van der Waals surface area contributed by atoms with E-state index >= 15 is 0 Å². The predicted octanol–water partition coefficient (Wildman–Crippen LogP) is -2.61. The standard InChI is InChI=1S/C36H60N10O11/c1-5-20(4)29(46-30(50)22-10-8-14-39-22)35(55)44-26(17-47)34(54)41-23(9-6-7-13-37)31(51)42-24(11-12-27(48)49)32(52)43-25(15-21-16-38-18-40-21)33(53)45-28(19(2)3)36(56)57/h16,18-20,22-26,28-29,39,47H,5-15,17,37H2,1-4H3,(H,38,40)(H,41,54)(H,42,51)(H,43,52)(H,44,55)(H,45,53)(H,46,50)(H,48,49)(H,56,57)/t20-,22-,23-,24-,25-,26-,28-,29-/m0/s1. The fraction of sp³-hybridized carbons (Fsp3) is 0.694. The molecule has 1 aliphatic heterocycles. The number of nitrogens with zero attached hydrogens (tertiary/aromatic N) is 1. The van der Waals surface area contributed by atoms with Crippen LogP contribution in [-0.4, -0.2) is 135 Å². The first-order valence-corrected chi connectivity index (χ1v) is 19.3. The number of hydrogen-bond acceptors (Lipinski definition) is 12. The van der Waals surface area contributed by atoms with Crippen LogP contribution in [0.3, 0.4) is 0 Å². The van der Waals surface area contributed by atoms with Crippen molar-refractivity contribution in [3.8, 4) is 0 Å². The first kappa shape index (κ1) is 48.0. The number of amides is 6. The van der Waals surface area contributed by atoms with Crippen LogP contribution in [0.1, 0.15) is 84.8 Å². The Hall–Kier alpha value is -5.15. The summed E-state index contributed by atoms with van der Waals surface area (Å²) >= 11 is 0. The number of carbonyl (C=O) groups is 8. The van der Waals surface area contributed by atoms with Crippen molar-refractivity contribution in [1.29, 1.82) is 0 Å². The van der Waals surface area contributed by atoms with E-state index in [0.717, 1.165) is 6.42 Å². The molecule has 1 saturated heterocycles. The summed E-state index contributed by atoms with van der Waals surface area (Å²) in [6.45, 7) is 6.77. The van der Waals surface area contributed by atoms with E-state index in [4.69, 9.17) is 5.73 Å². The van der Waals surface area contributed by atoms with Crippen molar-refractivity contribution in [1.82, 2.24) is 47.2 Å². The predicted molar refractivity (Wildman–Crippen MR) is 204 cm³/mol. The number of nitrogens with two attached hydrogens (primary N) is 1. The summed E-state index contributed by atoms with van der Waals surface area (Å²) in [6, 6.07) is -8.67. The zero-order valence-corrected chi connectivity index (χ0v) is 33.0. The molecule has 1 aliphatic rings. The summed E-state index contributed by atoms with van der Waals surface area (Å²) in [5.41, 5.74) is 6.04. The molecule has 21 nitrogen and oxygen atoms in total. The van der Waals surface area contributed by atoms with Gasteiger partial charge in [-0.25, -0.2) is 9.78 Å². The number of aromatic amines is 1. The molecule has 0 radical (unpaired) electrons. The second-order valence-electron chi connectivity index (χ2n) is 14.5. The van der Waals surface area contributed by atoms with E-state index in [9.17, 15) is 53.7 Å². The topological polar surface area (TPSA) is 336 Å². The number of aliphatic hydroxyl groups excluding tert-OH is 1. The summed E-state index contributed by atoms with van der Waals surface area (Å²) in [4.78, 5) is 111. The van der Waals surface area contributed by atoms with Crippen molar-refractivity contribution >= 4 is 47.4 Å². The third-order valence-electron chi connectivity index (χ3n) is 9.69. The second kappa shape index (κ2) is 24.5. The smallest absolute Gasteiger partial charge is 0.326 e. The number of H-pyrrole nitrogens is 1. The number of carboxylic acid groups (broad SMARTS) is 2. The van der Waals surface area contributed by atoms with E-state index in [0.29, 0.717) is 37.9 Å². The van der Waals surface area contributed by atoms with Gasteiger partial charge in [-0.15, -0.1) is 0 Å². The highest BCUT2D eigenvalue weighted by atomic mass is 16.4. The summed E-state index contributed by atoms with van der Waals surface area (Å²) in [5.74, 6) is -8.27. The summed E-state index contributed by atoms with van der Waals surface area (Å²) in [7, 11) is 0. The lowest BCUT2D eigenvalue weighted by Gasteiger charge is -2.28. The van der Waals surface area contributed by atoms with Crippen LogP contribution in [0, 0.1) is 11.8 Å². The van der Waals surface area contributed by atoms with E-state index in [1.54, 1.807) is 20.8 Å². The molecule has 1 fully saturated rings. The Kier molecular flexibility index (Phi) is 20.6. The Balaban J connectivity index is 2.29. The maximum absolute atomic E-state index is 13.8. The fourth-order valence-corrected chi connectivity index (χ4v) is 6.03. The molecule has 0 aromatic carbocycles. The van der Waals surface area contributed by atoms with Gasteiger partial charge in [0.15, 0.2) is 0 Å². The normalized spacial score (nSPS) is 17.5. The molecule has 320 valence electrons. The molecule has 0 bridgehead atoms. The van der Waals surface area contributed by atoms with Crippen molar-refractivity contribution in [3.63, 3.8) is 0 Å². The summed E-state index contributed by atoms with van der Waals surface area (Å²) in [6.07, 6.45) is 4.17. The molecule has 0 spiro atoms. The van der Waals surface area contributed by atoms with Crippen LogP contribution in [0.25, 0.3) is 0 Å². The number of carbonyl (C=O) groups excluding carboxylic acids is 6.